The molecule has 1 heterocycles. The molecule has 6 nitrogen and oxygen atoms in total. The van der Waals surface area contributed by atoms with E-state index in [0.29, 0.717) is 5.92 Å². The first-order valence-corrected chi connectivity index (χ1v) is 10.0. The van der Waals surface area contributed by atoms with E-state index in [-0.39, 0.29) is 11.8 Å². The van der Waals surface area contributed by atoms with Gasteiger partial charge in [0.2, 0.25) is 5.91 Å². The van der Waals surface area contributed by atoms with Crippen molar-refractivity contribution in [3.05, 3.63) is 0 Å². The summed E-state index contributed by atoms with van der Waals surface area (Å²) in [4.78, 5) is 26.9. The zero-order valence-electron chi connectivity index (χ0n) is 15.8. The van der Waals surface area contributed by atoms with Gasteiger partial charge in [-0.1, -0.05) is 19.8 Å². The van der Waals surface area contributed by atoms with Gasteiger partial charge in [-0.05, 0) is 45.4 Å². The minimum Gasteiger partial charge on any atom is -0.444 e. The van der Waals surface area contributed by atoms with Crippen LogP contribution in [0.3, 0.4) is 0 Å². The highest BCUT2D eigenvalue weighted by Gasteiger charge is 2.36. The van der Waals surface area contributed by atoms with Crippen molar-refractivity contribution in [3.8, 4) is 6.57 Å². The number of nitrogens with zero attached hydrogens (tertiary/aromatic N) is 2. The molecule has 25 heavy (non-hydrogen) atoms. The van der Waals surface area contributed by atoms with Gasteiger partial charge in [0, 0.05) is 18.9 Å². The van der Waals surface area contributed by atoms with Gasteiger partial charge in [0.25, 0.3) is 0 Å². The molecule has 0 spiro atoms. The van der Waals surface area contributed by atoms with Gasteiger partial charge in [0.05, 0.1) is 5.88 Å². The van der Waals surface area contributed by atoms with Gasteiger partial charge >= 0.3 is 6.09 Å². The van der Waals surface area contributed by atoms with Crippen LogP contribution in [0, 0.1) is 23.7 Å². The summed E-state index contributed by atoms with van der Waals surface area (Å²) >= 11 is 1.76. The van der Waals surface area contributed by atoms with E-state index in [1.165, 1.54) is 0 Å². The molecule has 2 aliphatic rings. The molecule has 1 aliphatic heterocycles. The first-order chi connectivity index (χ1) is 11.8. The molecule has 0 aromatic carbocycles. The number of ether oxygens (including phenoxy) is 1. The number of hydrogen-bond donors (Lipinski definition) is 1. The van der Waals surface area contributed by atoms with Crippen molar-refractivity contribution in [1.82, 2.24) is 10.2 Å². The second kappa shape index (κ2) is 9.91. The van der Waals surface area contributed by atoms with Gasteiger partial charge in [0.1, 0.15) is 11.6 Å². The highest BCUT2D eigenvalue weighted by molar-refractivity contribution is 7.99. The first kappa shape index (κ1) is 21.6. The minimum absolute atomic E-state index is 0.0559. The van der Waals surface area contributed by atoms with Crippen LogP contribution in [-0.4, -0.2) is 46.7 Å². The monoisotopic (exact) mass is 369 g/mol. The Morgan fingerprint density at radius 2 is 1.84 bits per heavy atom. The first-order valence-electron chi connectivity index (χ1n) is 8.88. The summed E-state index contributed by atoms with van der Waals surface area (Å²) in [5.74, 6) is 2.70. The van der Waals surface area contributed by atoms with Crippen molar-refractivity contribution in [1.29, 1.82) is 5.26 Å². The predicted octanol–water partition coefficient (Wildman–Crippen LogP) is 3.38. The van der Waals surface area contributed by atoms with Crippen LogP contribution in [0.25, 0.3) is 0 Å². The van der Waals surface area contributed by atoms with E-state index in [1.807, 2.05) is 25.7 Å². The number of alkyl carbamates (subject to hydrolysis) is 1. The van der Waals surface area contributed by atoms with Crippen LogP contribution in [-0.2, 0) is 9.53 Å². The molecule has 2 fully saturated rings. The van der Waals surface area contributed by atoms with Gasteiger partial charge in [-0.2, -0.15) is 0 Å². The predicted molar refractivity (Wildman–Crippen MR) is 100.0 cm³/mol. The van der Waals surface area contributed by atoms with Crippen molar-refractivity contribution < 1.29 is 14.3 Å². The summed E-state index contributed by atoms with van der Waals surface area (Å²) in [6.45, 7) is 12.0. The Balaban J connectivity index is 0.00000151. The fourth-order valence-electron chi connectivity index (χ4n) is 3.22. The van der Waals surface area contributed by atoms with Crippen molar-refractivity contribution >= 4 is 23.8 Å². The topological polar surface area (TPSA) is 82.4 Å². The zero-order chi connectivity index (χ0) is 19.0. The van der Waals surface area contributed by atoms with E-state index in [9.17, 15) is 9.59 Å². The molecule has 0 aromatic heterocycles. The summed E-state index contributed by atoms with van der Waals surface area (Å²) < 4.78 is 5.37. The molecule has 0 aromatic rings. The number of thioether (sulfide) groups is 1. The average molecular weight is 370 g/mol. The normalized spacial score (nSPS) is 24.6. The highest BCUT2D eigenvalue weighted by Crippen LogP contribution is 2.32. The zero-order valence-corrected chi connectivity index (χ0v) is 16.6. The third-order valence-electron chi connectivity index (χ3n) is 4.53. The molecule has 1 atom stereocenters. The molecular formula is C18H31N3O3S. The number of nitriles is 1. The number of nitrogens with one attached hydrogen (secondary N) is 1. The molecule has 0 bridgehead atoms. The molecule has 1 saturated carbocycles. The molecular weight excluding hydrogens is 338 g/mol. The second-order valence-corrected chi connectivity index (χ2v) is 8.86. The summed E-state index contributed by atoms with van der Waals surface area (Å²) in [5.41, 5.74) is -0.553. The van der Waals surface area contributed by atoms with Crippen molar-refractivity contribution in [2.45, 2.75) is 65.0 Å². The Morgan fingerprint density at radius 1 is 1.24 bits per heavy atom. The van der Waals surface area contributed by atoms with E-state index in [1.54, 1.807) is 11.8 Å². The Hall–Kier alpha value is -1.42. The van der Waals surface area contributed by atoms with Crippen molar-refractivity contribution in [2.75, 3.05) is 18.2 Å². The van der Waals surface area contributed by atoms with Gasteiger partial charge in [0.15, 0.2) is 0 Å². The Morgan fingerprint density at radius 3 is 2.32 bits per heavy atom. The summed E-state index contributed by atoms with van der Waals surface area (Å²) in [7, 11) is 0. The molecule has 2 rings (SSSR count). The quantitative estimate of drug-likeness (QED) is 0.824. The average Bonchev–Trinajstić information content (AvgIpc) is 3.08. The van der Waals surface area contributed by atoms with Crippen LogP contribution in [0.4, 0.5) is 4.79 Å². The molecule has 1 aliphatic carbocycles. The number of carbonyl (C=O) groups is 2. The van der Waals surface area contributed by atoms with Crippen molar-refractivity contribution in [2.24, 2.45) is 11.8 Å². The summed E-state index contributed by atoms with van der Waals surface area (Å²) in [6.07, 6.45) is 3.75. The van der Waals surface area contributed by atoms with Crippen LogP contribution >= 0.6 is 11.8 Å². The number of rotatable bonds is 3. The van der Waals surface area contributed by atoms with E-state index in [2.05, 4.69) is 18.8 Å². The van der Waals surface area contributed by atoms with Crippen LogP contribution < -0.4 is 5.32 Å². The Labute approximate surface area is 155 Å². The Kier molecular flexibility index (Phi) is 8.57. The van der Waals surface area contributed by atoms with E-state index in [4.69, 9.17) is 10.00 Å². The lowest BCUT2D eigenvalue weighted by molar-refractivity contribution is -0.133. The van der Waals surface area contributed by atoms with Crippen LogP contribution in [0.2, 0.25) is 0 Å². The largest absolute Gasteiger partial charge is 0.444 e. The third-order valence-corrected chi connectivity index (χ3v) is 5.50. The minimum atomic E-state index is -0.553. The lowest BCUT2D eigenvalue weighted by atomic mass is 9.79. The smallest absolute Gasteiger partial charge is 0.408 e. The lowest BCUT2D eigenvalue weighted by Crippen LogP contribution is -2.53. The van der Waals surface area contributed by atoms with Gasteiger partial charge in [-0.25, -0.2) is 10.1 Å². The fourth-order valence-corrected chi connectivity index (χ4v) is 4.17. The standard InChI is InChI=1S/C17H30N2O3S.CHN/c1-12-5-7-13(8-6-12)14(15(20)19-9-10-23-11-19)18-16(21)22-17(2,3)4;1-2/h12-14H,5-11H2,1-4H3,(H,18,21);1H/t12?,13?,14-;/m0./s1. The van der Waals surface area contributed by atoms with E-state index in [0.717, 1.165) is 43.9 Å². The molecule has 7 heteroatoms. The number of amides is 2. The second-order valence-electron chi connectivity index (χ2n) is 7.78. The molecule has 1 saturated heterocycles. The molecule has 0 unspecified atom stereocenters. The van der Waals surface area contributed by atoms with E-state index >= 15 is 0 Å². The number of carbonyl (C=O) groups excluding carboxylic acids is 2. The maximum atomic E-state index is 12.9. The van der Waals surface area contributed by atoms with Gasteiger partial charge in [-0.3, -0.25) is 4.79 Å². The maximum Gasteiger partial charge on any atom is 0.408 e. The highest BCUT2D eigenvalue weighted by atomic mass is 32.2. The van der Waals surface area contributed by atoms with Crippen molar-refractivity contribution in [3.63, 3.8) is 0 Å². The van der Waals surface area contributed by atoms with Crippen LogP contribution in [0.5, 0.6) is 0 Å². The lowest BCUT2D eigenvalue weighted by Gasteiger charge is -2.34. The summed E-state index contributed by atoms with van der Waals surface area (Å²) in [6, 6.07) is -0.448. The van der Waals surface area contributed by atoms with Crippen LogP contribution in [0.1, 0.15) is 53.4 Å². The summed E-state index contributed by atoms with van der Waals surface area (Å²) in [5, 5.41) is 9.37. The fraction of sp³-hybridized carbons (Fsp3) is 0.833. The van der Waals surface area contributed by atoms with E-state index < -0.39 is 17.7 Å². The van der Waals surface area contributed by atoms with Gasteiger partial charge < -0.3 is 15.0 Å². The number of hydrogen-bond acceptors (Lipinski definition) is 5. The van der Waals surface area contributed by atoms with Crippen LogP contribution in [0.15, 0.2) is 0 Å². The molecule has 0 radical (unpaired) electrons. The molecule has 142 valence electrons. The molecule has 2 amide bonds. The third kappa shape index (κ3) is 7.15. The maximum absolute atomic E-state index is 12.9. The molecule has 1 N–H and O–H groups in total. The SMILES string of the molecule is C#N.CC1CCC([C@H](NC(=O)OC(C)(C)C)C(=O)N2CCSC2)CC1. The van der Waals surface area contributed by atoms with Gasteiger partial charge in [-0.15, -0.1) is 11.8 Å². The Bertz CT molecular complexity index is 462.